The highest BCUT2D eigenvalue weighted by molar-refractivity contribution is 5.67. The zero-order chi connectivity index (χ0) is 17.2. The molecule has 0 aliphatic carbocycles. The van der Waals surface area contributed by atoms with Crippen molar-refractivity contribution in [1.29, 1.82) is 0 Å². The summed E-state index contributed by atoms with van der Waals surface area (Å²) in [6.45, 7) is 12.4. The molecule has 0 aromatic rings. The van der Waals surface area contributed by atoms with E-state index in [1.165, 1.54) is 0 Å². The van der Waals surface area contributed by atoms with Crippen LogP contribution in [0.2, 0.25) is 0 Å². The predicted molar refractivity (Wildman–Crippen MR) is 87.7 cm³/mol. The molecular weight excluding hydrogens is 282 g/mol. The molecule has 0 aromatic carbocycles. The second kappa shape index (κ2) is 9.70. The van der Waals surface area contributed by atoms with Gasteiger partial charge in [0, 0.05) is 25.6 Å². The summed E-state index contributed by atoms with van der Waals surface area (Å²) in [5.41, 5.74) is -0.543. The zero-order valence-corrected chi connectivity index (χ0v) is 14.9. The van der Waals surface area contributed by atoms with Crippen molar-refractivity contribution in [1.82, 2.24) is 4.90 Å². The summed E-state index contributed by atoms with van der Waals surface area (Å²) in [6.07, 6.45) is 5.59. The molecule has 1 amide bonds. The molecule has 0 aliphatic rings. The standard InChI is InChI=1S/C17H31NO4/c1-8-11-20-13-17(5,6)14-21-12-9-10-18(7)15(19)22-16(2,3)4/h1H,9-14H2,2-7H3. The molecule has 0 heterocycles. The van der Waals surface area contributed by atoms with Crippen molar-refractivity contribution >= 4 is 6.09 Å². The highest BCUT2D eigenvalue weighted by Gasteiger charge is 2.20. The van der Waals surface area contributed by atoms with Crippen LogP contribution in [0.5, 0.6) is 0 Å². The summed E-state index contributed by atoms with van der Waals surface area (Å²) in [5.74, 6) is 2.44. The molecule has 5 nitrogen and oxygen atoms in total. The van der Waals surface area contributed by atoms with Crippen LogP contribution in [0.4, 0.5) is 4.79 Å². The first-order valence-corrected chi connectivity index (χ1v) is 7.60. The number of nitrogens with zero attached hydrogens (tertiary/aromatic N) is 1. The van der Waals surface area contributed by atoms with Gasteiger partial charge in [0.1, 0.15) is 12.2 Å². The lowest BCUT2D eigenvalue weighted by Gasteiger charge is -2.25. The minimum atomic E-state index is -0.468. The van der Waals surface area contributed by atoms with Gasteiger partial charge in [-0.3, -0.25) is 0 Å². The third-order valence-corrected chi connectivity index (χ3v) is 2.66. The topological polar surface area (TPSA) is 48.0 Å². The Morgan fingerprint density at radius 3 is 2.27 bits per heavy atom. The first kappa shape index (κ1) is 20.8. The van der Waals surface area contributed by atoms with E-state index in [1.807, 2.05) is 20.8 Å². The summed E-state index contributed by atoms with van der Waals surface area (Å²) >= 11 is 0. The first-order valence-electron chi connectivity index (χ1n) is 7.60. The van der Waals surface area contributed by atoms with Crippen molar-refractivity contribution in [2.75, 3.05) is 40.0 Å². The van der Waals surface area contributed by atoms with Gasteiger partial charge in [-0.2, -0.15) is 0 Å². The molecule has 0 radical (unpaired) electrons. The Morgan fingerprint density at radius 2 is 1.73 bits per heavy atom. The molecule has 0 aromatic heterocycles. The van der Waals surface area contributed by atoms with Gasteiger partial charge in [0.25, 0.3) is 0 Å². The van der Waals surface area contributed by atoms with Gasteiger partial charge >= 0.3 is 6.09 Å². The average Bonchev–Trinajstić information content (AvgIpc) is 2.36. The maximum absolute atomic E-state index is 11.8. The number of carbonyl (C=O) groups excluding carboxylic acids is 1. The lowest BCUT2D eigenvalue weighted by molar-refractivity contribution is 0.00133. The fourth-order valence-electron chi connectivity index (χ4n) is 1.61. The number of ether oxygens (including phenoxy) is 3. The fourth-order valence-corrected chi connectivity index (χ4v) is 1.61. The van der Waals surface area contributed by atoms with E-state index in [1.54, 1.807) is 11.9 Å². The maximum atomic E-state index is 11.8. The first-order chi connectivity index (χ1) is 10.1. The van der Waals surface area contributed by atoms with Gasteiger partial charge in [0.2, 0.25) is 0 Å². The largest absolute Gasteiger partial charge is 0.444 e. The molecule has 0 aliphatic heterocycles. The normalized spacial score (nSPS) is 11.9. The maximum Gasteiger partial charge on any atom is 0.410 e. The second-order valence-corrected chi connectivity index (χ2v) is 7.17. The van der Waals surface area contributed by atoms with Crippen LogP contribution in [-0.2, 0) is 14.2 Å². The Bertz CT molecular complexity index is 366. The number of rotatable bonds is 9. The van der Waals surface area contributed by atoms with Gasteiger partial charge in [0.15, 0.2) is 0 Å². The predicted octanol–water partition coefficient (Wildman–Crippen LogP) is 2.94. The summed E-state index contributed by atoms with van der Waals surface area (Å²) in [5, 5.41) is 0. The van der Waals surface area contributed by atoms with Crippen LogP contribution in [0.25, 0.3) is 0 Å². The minimum Gasteiger partial charge on any atom is -0.444 e. The smallest absolute Gasteiger partial charge is 0.410 e. The van der Waals surface area contributed by atoms with Crippen molar-refractivity contribution in [3.8, 4) is 12.3 Å². The molecule has 22 heavy (non-hydrogen) atoms. The summed E-state index contributed by atoms with van der Waals surface area (Å²) < 4.78 is 16.3. The van der Waals surface area contributed by atoms with Crippen LogP contribution in [0.15, 0.2) is 0 Å². The van der Waals surface area contributed by atoms with E-state index >= 15 is 0 Å². The Kier molecular flexibility index (Phi) is 9.15. The molecule has 0 atom stereocenters. The van der Waals surface area contributed by atoms with Crippen molar-refractivity contribution in [2.45, 2.75) is 46.6 Å². The van der Waals surface area contributed by atoms with Crippen LogP contribution in [-0.4, -0.2) is 56.6 Å². The van der Waals surface area contributed by atoms with Gasteiger partial charge in [0.05, 0.1) is 13.2 Å². The van der Waals surface area contributed by atoms with Gasteiger partial charge in [-0.05, 0) is 27.2 Å². The fraction of sp³-hybridized carbons (Fsp3) is 0.824. The molecular formula is C17H31NO4. The summed E-state index contributed by atoms with van der Waals surface area (Å²) in [4.78, 5) is 13.3. The Balaban J connectivity index is 3.80. The molecule has 0 spiro atoms. The molecule has 0 bridgehead atoms. The van der Waals surface area contributed by atoms with E-state index in [9.17, 15) is 4.79 Å². The molecule has 5 heteroatoms. The van der Waals surface area contributed by atoms with E-state index in [0.717, 1.165) is 6.42 Å². The number of carbonyl (C=O) groups is 1. The summed E-state index contributed by atoms with van der Waals surface area (Å²) in [7, 11) is 1.73. The highest BCUT2D eigenvalue weighted by atomic mass is 16.6. The lowest BCUT2D eigenvalue weighted by atomic mass is 9.96. The Morgan fingerprint density at radius 1 is 1.14 bits per heavy atom. The van der Waals surface area contributed by atoms with Crippen LogP contribution in [0.3, 0.4) is 0 Å². The van der Waals surface area contributed by atoms with Crippen LogP contribution >= 0.6 is 0 Å². The van der Waals surface area contributed by atoms with E-state index in [0.29, 0.717) is 33.0 Å². The van der Waals surface area contributed by atoms with Gasteiger partial charge < -0.3 is 19.1 Å². The minimum absolute atomic E-state index is 0.0755. The summed E-state index contributed by atoms with van der Waals surface area (Å²) in [6, 6.07) is 0. The third-order valence-electron chi connectivity index (χ3n) is 2.66. The van der Waals surface area contributed by atoms with E-state index in [2.05, 4.69) is 19.8 Å². The number of amides is 1. The van der Waals surface area contributed by atoms with E-state index in [4.69, 9.17) is 20.6 Å². The van der Waals surface area contributed by atoms with Gasteiger partial charge in [-0.1, -0.05) is 19.8 Å². The van der Waals surface area contributed by atoms with Crippen molar-refractivity contribution < 1.29 is 19.0 Å². The van der Waals surface area contributed by atoms with Crippen molar-refractivity contribution in [3.63, 3.8) is 0 Å². The lowest BCUT2D eigenvalue weighted by Crippen LogP contribution is -2.35. The number of hydrogen-bond acceptors (Lipinski definition) is 4. The highest BCUT2D eigenvalue weighted by Crippen LogP contribution is 2.16. The number of hydrogen-bond donors (Lipinski definition) is 0. The van der Waals surface area contributed by atoms with Gasteiger partial charge in [-0.15, -0.1) is 6.42 Å². The van der Waals surface area contributed by atoms with E-state index in [-0.39, 0.29) is 11.5 Å². The molecule has 0 N–H and O–H groups in total. The monoisotopic (exact) mass is 313 g/mol. The SMILES string of the molecule is C#CCOCC(C)(C)COCCCN(C)C(=O)OC(C)(C)C. The van der Waals surface area contributed by atoms with Crippen LogP contribution in [0.1, 0.15) is 41.0 Å². The molecule has 0 rings (SSSR count). The van der Waals surface area contributed by atoms with E-state index < -0.39 is 5.60 Å². The zero-order valence-electron chi connectivity index (χ0n) is 14.9. The van der Waals surface area contributed by atoms with Gasteiger partial charge in [-0.25, -0.2) is 4.79 Å². The van der Waals surface area contributed by atoms with Crippen molar-refractivity contribution in [3.05, 3.63) is 0 Å². The Hall–Kier alpha value is -1.25. The van der Waals surface area contributed by atoms with Crippen LogP contribution in [0, 0.1) is 17.8 Å². The number of terminal acetylenes is 1. The quantitative estimate of drug-likeness (QED) is 0.485. The second-order valence-electron chi connectivity index (χ2n) is 7.17. The molecule has 0 saturated heterocycles. The van der Waals surface area contributed by atoms with Crippen LogP contribution < -0.4 is 0 Å². The average molecular weight is 313 g/mol. The third kappa shape index (κ3) is 11.4. The molecule has 0 unspecified atom stereocenters. The van der Waals surface area contributed by atoms with Crippen molar-refractivity contribution in [2.24, 2.45) is 5.41 Å². The molecule has 128 valence electrons. The molecule has 0 fully saturated rings. The Labute approximate surface area is 135 Å². The molecule has 0 saturated carbocycles.